The number of carbonyl (C=O) groups is 1. The lowest BCUT2D eigenvalue weighted by Crippen LogP contribution is -2.25. The molecule has 4 nitrogen and oxygen atoms in total. The van der Waals surface area contributed by atoms with Crippen molar-refractivity contribution < 1.29 is 4.79 Å². The molecule has 5 heteroatoms. The number of nitrogens with one attached hydrogen (secondary N) is 2. The molecule has 14 heavy (non-hydrogen) atoms. The van der Waals surface area contributed by atoms with Crippen LogP contribution >= 0.6 is 11.8 Å². The number of allylic oxidation sites excluding steroid dienone is 1. The molecule has 0 rings (SSSR count). The maximum absolute atomic E-state index is 11.0. The van der Waals surface area contributed by atoms with E-state index in [0.717, 1.165) is 11.8 Å². The van der Waals surface area contributed by atoms with Gasteiger partial charge in [0.25, 0.3) is 0 Å². The molecule has 0 aromatic carbocycles. The lowest BCUT2D eigenvalue weighted by atomic mass is 10.3. The Hall–Kier alpha value is -1.28. The van der Waals surface area contributed by atoms with Gasteiger partial charge >= 0.3 is 0 Å². The van der Waals surface area contributed by atoms with Gasteiger partial charge in [0.2, 0.25) is 5.91 Å². The summed E-state index contributed by atoms with van der Waals surface area (Å²) in [6.45, 7) is 4.11. The first-order valence-electron chi connectivity index (χ1n) is 4.20. The summed E-state index contributed by atoms with van der Waals surface area (Å²) in [4.78, 5) is 11.0. The maximum atomic E-state index is 11.0. The molecule has 76 valence electrons. The van der Waals surface area contributed by atoms with Gasteiger partial charge < -0.3 is 5.32 Å². The molecule has 0 radical (unpaired) electrons. The number of carbonyl (C=O) groups excluding carboxylic acids is 1. The van der Waals surface area contributed by atoms with Crippen LogP contribution in [0.25, 0.3) is 0 Å². The van der Waals surface area contributed by atoms with E-state index in [4.69, 9.17) is 10.7 Å². The minimum absolute atomic E-state index is 0.115. The van der Waals surface area contributed by atoms with Gasteiger partial charge in [0.15, 0.2) is 0 Å². The molecule has 0 spiro atoms. The molecule has 0 aliphatic rings. The molecule has 0 heterocycles. The van der Waals surface area contributed by atoms with Crippen molar-refractivity contribution in [2.45, 2.75) is 13.8 Å². The molecule has 0 atom stereocenters. The molecule has 0 saturated carbocycles. The van der Waals surface area contributed by atoms with Crippen molar-refractivity contribution in [1.82, 2.24) is 5.32 Å². The molecule has 0 fully saturated rings. The molecule has 0 aromatic rings. The number of rotatable bonds is 4. The third kappa shape index (κ3) is 4.67. The molecule has 0 bridgehead atoms. The van der Waals surface area contributed by atoms with Crippen LogP contribution < -0.4 is 5.32 Å². The smallest absolute Gasteiger partial charge is 0.230 e. The van der Waals surface area contributed by atoms with E-state index in [1.54, 1.807) is 13.0 Å². The largest absolute Gasteiger partial charge is 0.356 e. The van der Waals surface area contributed by atoms with Gasteiger partial charge in [-0.15, -0.1) is 0 Å². The molecular formula is C9H13N3OS. The summed E-state index contributed by atoms with van der Waals surface area (Å²) in [7, 11) is 0. The third-order valence-electron chi connectivity index (χ3n) is 1.38. The molecule has 0 saturated heterocycles. The number of hydrogen-bond donors (Lipinski definition) is 2. The van der Waals surface area contributed by atoms with E-state index in [9.17, 15) is 4.79 Å². The molecule has 0 aliphatic carbocycles. The Morgan fingerprint density at radius 3 is 2.79 bits per heavy atom. The second-order valence-electron chi connectivity index (χ2n) is 2.39. The summed E-state index contributed by atoms with van der Waals surface area (Å²) in [5.74, 6) is 0.0711. The Labute approximate surface area is 87.9 Å². The average Bonchev–Trinajstić information content (AvgIpc) is 2.17. The highest BCUT2D eigenvalue weighted by Crippen LogP contribution is 2.09. The molecule has 0 aromatic heterocycles. The van der Waals surface area contributed by atoms with Gasteiger partial charge in [-0.25, -0.2) is 0 Å². The van der Waals surface area contributed by atoms with Crippen molar-refractivity contribution in [1.29, 1.82) is 10.7 Å². The van der Waals surface area contributed by atoms with Gasteiger partial charge in [-0.2, -0.15) is 5.26 Å². The summed E-state index contributed by atoms with van der Waals surface area (Å²) >= 11 is 1.06. The Morgan fingerprint density at radius 1 is 1.71 bits per heavy atom. The molecule has 1 amide bonds. The van der Waals surface area contributed by atoms with Crippen LogP contribution in [0.4, 0.5) is 0 Å². The Bertz CT molecular complexity index is 291. The standard InChI is InChI=1S/C9H13N3OS/c1-3-7(5-10)9(11)14-6-8(13)12-4-2/h3,11H,4,6H2,1-2H3,(H,12,13)/b7-3-,11-9?. The van der Waals surface area contributed by atoms with Crippen molar-refractivity contribution in [3.63, 3.8) is 0 Å². The quantitative estimate of drug-likeness (QED) is 0.418. The van der Waals surface area contributed by atoms with E-state index >= 15 is 0 Å². The fraction of sp³-hybridized carbons (Fsp3) is 0.444. The van der Waals surface area contributed by atoms with Gasteiger partial charge in [0, 0.05) is 6.54 Å². The lowest BCUT2D eigenvalue weighted by molar-refractivity contribution is -0.118. The minimum Gasteiger partial charge on any atom is -0.356 e. The number of hydrogen-bond acceptors (Lipinski definition) is 4. The summed E-state index contributed by atoms with van der Waals surface area (Å²) < 4.78 is 0. The number of nitriles is 1. The first-order chi connectivity index (χ1) is 6.65. The Morgan fingerprint density at radius 2 is 2.36 bits per heavy atom. The summed E-state index contributed by atoms with van der Waals surface area (Å²) in [5, 5.41) is 18.8. The van der Waals surface area contributed by atoms with E-state index in [2.05, 4.69) is 5.32 Å². The predicted octanol–water partition coefficient (Wildman–Crippen LogP) is 1.30. The molecule has 0 aliphatic heterocycles. The van der Waals surface area contributed by atoms with Gasteiger partial charge in [-0.1, -0.05) is 17.8 Å². The fourth-order valence-electron chi connectivity index (χ4n) is 0.710. The van der Waals surface area contributed by atoms with E-state index < -0.39 is 0 Å². The molecule has 0 unspecified atom stereocenters. The van der Waals surface area contributed by atoms with Crippen molar-refractivity contribution >= 4 is 22.7 Å². The second kappa shape index (κ2) is 7.15. The van der Waals surface area contributed by atoms with Crippen molar-refractivity contribution in [2.75, 3.05) is 12.3 Å². The monoisotopic (exact) mass is 211 g/mol. The summed E-state index contributed by atoms with van der Waals surface area (Å²) in [6.07, 6.45) is 1.56. The van der Waals surface area contributed by atoms with E-state index in [-0.39, 0.29) is 16.7 Å². The van der Waals surface area contributed by atoms with E-state index in [0.29, 0.717) is 12.1 Å². The van der Waals surface area contributed by atoms with E-state index in [1.165, 1.54) is 0 Å². The zero-order valence-electron chi connectivity index (χ0n) is 8.26. The highest BCUT2D eigenvalue weighted by atomic mass is 32.2. The van der Waals surface area contributed by atoms with Crippen LogP contribution in [0.2, 0.25) is 0 Å². The van der Waals surface area contributed by atoms with Crippen LogP contribution in [0, 0.1) is 16.7 Å². The van der Waals surface area contributed by atoms with Crippen molar-refractivity contribution in [3.8, 4) is 6.07 Å². The van der Waals surface area contributed by atoms with Crippen LogP contribution in [0.3, 0.4) is 0 Å². The zero-order chi connectivity index (χ0) is 11.0. The summed E-state index contributed by atoms with van der Waals surface area (Å²) in [5.41, 5.74) is 0.305. The maximum Gasteiger partial charge on any atom is 0.230 e. The van der Waals surface area contributed by atoms with Crippen LogP contribution in [-0.2, 0) is 4.79 Å². The third-order valence-corrected chi connectivity index (χ3v) is 2.29. The highest BCUT2D eigenvalue weighted by molar-refractivity contribution is 8.14. The fourth-order valence-corrected chi connectivity index (χ4v) is 1.41. The normalized spacial score (nSPS) is 10.5. The number of thioether (sulfide) groups is 1. The topological polar surface area (TPSA) is 76.7 Å². The van der Waals surface area contributed by atoms with Gasteiger partial charge in [0.1, 0.15) is 11.1 Å². The average molecular weight is 211 g/mol. The second-order valence-corrected chi connectivity index (χ2v) is 3.37. The number of nitrogens with zero attached hydrogens (tertiary/aromatic N) is 1. The van der Waals surface area contributed by atoms with Gasteiger partial charge in [0.05, 0.1) is 11.3 Å². The van der Waals surface area contributed by atoms with Crippen molar-refractivity contribution in [2.24, 2.45) is 0 Å². The van der Waals surface area contributed by atoms with Crippen LogP contribution in [0.5, 0.6) is 0 Å². The van der Waals surface area contributed by atoms with Crippen LogP contribution in [-0.4, -0.2) is 23.2 Å². The van der Waals surface area contributed by atoms with Crippen molar-refractivity contribution in [3.05, 3.63) is 11.6 Å². The SMILES string of the molecule is C/C=C(/C#N)C(=N)SCC(=O)NCC. The predicted molar refractivity (Wildman–Crippen MR) is 58.2 cm³/mol. The van der Waals surface area contributed by atoms with E-state index in [1.807, 2.05) is 13.0 Å². The van der Waals surface area contributed by atoms with Crippen LogP contribution in [0.1, 0.15) is 13.8 Å². The van der Waals surface area contributed by atoms with Gasteiger partial charge in [-0.05, 0) is 13.8 Å². The highest BCUT2D eigenvalue weighted by Gasteiger charge is 2.06. The first kappa shape index (κ1) is 12.7. The zero-order valence-corrected chi connectivity index (χ0v) is 9.07. The van der Waals surface area contributed by atoms with Crippen LogP contribution in [0.15, 0.2) is 11.6 Å². The molecular weight excluding hydrogens is 198 g/mol. The minimum atomic E-state index is -0.115. The molecule has 2 N–H and O–H groups in total. The Kier molecular flexibility index (Phi) is 6.50. The summed E-state index contributed by atoms with van der Waals surface area (Å²) in [6, 6.07) is 1.89. The Balaban J connectivity index is 3.98. The first-order valence-corrected chi connectivity index (χ1v) is 5.19. The van der Waals surface area contributed by atoms with Gasteiger partial charge in [-0.3, -0.25) is 10.2 Å². The lowest BCUT2D eigenvalue weighted by Gasteiger charge is -2.02. The number of amides is 1.